The van der Waals surface area contributed by atoms with Crippen LogP contribution in [0.2, 0.25) is 0 Å². The fourth-order valence-electron chi connectivity index (χ4n) is 1.17. The van der Waals surface area contributed by atoms with Gasteiger partial charge in [0.25, 0.3) is 0 Å². The molecule has 0 aliphatic carbocycles. The molecule has 2 aromatic heterocycles. The molecule has 2 heterocycles. The van der Waals surface area contributed by atoms with Gasteiger partial charge in [0.1, 0.15) is 10.7 Å². The van der Waals surface area contributed by atoms with Gasteiger partial charge in [0.05, 0.1) is 6.20 Å². The van der Waals surface area contributed by atoms with Gasteiger partial charge in [-0.25, -0.2) is 9.18 Å². The van der Waals surface area contributed by atoms with Gasteiger partial charge < -0.3 is 5.11 Å². The molecule has 0 bridgehead atoms. The smallest absolute Gasteiger partial charge is 0.345 e. The highest BCUT2D eigenvalue weighted by Crippen LogP contribution is 2.29. The van der Waals surface area contributed by atoms with Crippen LogP contribution < -0.4 is 0 Å². The van der Waals surface area contributed by atoms with Crippen molar-refractivity contribution in [2.75, 3.05) is 0 Å². The molecule has 1 N–H and O–H groups in total. The van der Waals surface area contributed by atoms with Crippen molar-refractivity contribution in [3.05, 3.63) is 41.3 Å². The van der Waals surface area contributed by atoms with Crippen LogP contribution in [0.4, 0.5) is 4.39 Å². The summed E-state index contributed by atoms with van der Waals surface area (Å²) in [5, 5.41) is 8.72. The summed E-state index contributed by atoms with van der Waals surface area (Å²) in [7, 11) is 0. The number of pyridine rings is 1. The van der Waals surface area contributed by atoms with Crippen LogP contribution in [-0.2, 0) is 0 Å². The number of carboxylic acids is 1. The van der Waals surface area contributed by atoms with E-state index in [0.717, 1.165) is 17.5 Å². The van der Waals surface area contributed by atoms with Crippen molar-refractivity contribution in [3.63, 3.8) is 0 Å². The molecule has 0 amide bonds. The number of hydrogen-bond acceptors (Lipinski definition) is 3. The summed E-state index contributed by atoms with van der Waals surface area (Å²) in [6, 6.07) is 4.57. The molecular weight excluding hydrogens is 217 g/mol. The van der Waals surface area contributed by atoms with Crippen LogP contribution in [0.5, 0.6) is 0 Å². The van der Waals surface area contributed by atoms with E-state index in [0.29, 0.717) is 10.4 Å². The summed E-state index contributed by atoms with van der Waals surface area (Å²) in [4.78, 5) is 15.0. The standard InChI is InChI=1S/C10H6FNO2S/c11-7-5-12-4-3-6(7)8-1-2-9(15-8)10(13)14/h1-5H,(H,13,14). The Hall–Kier alpha value is -1.75. The first-order valence-corrected chi connectivity index (χ1v) is 4.93. The second-order valence-corrected chi connectivity index (χ2v) is 3.91. The predicted molar refractivity (Wildman–Crippen MR) is 54.5 cm³/mol. The fraction of sp³-hybridized carbons (Fsp3) is 0. The van der Waals surface area contributed by atoms with E-state index in [1.807, 2.05) is 0 Å². The predicted octanol–water partition coefficient (Wildman–Crippen LogP) is 2.65. The topological polar surface area (TPSA) is 50.2 Å². The van der Waals surface area contributed by atoms with Crippen LogP contribution >= 0.6 is 11.3 Å². The molecular formula is C10H6FNO2S. The van der Waals surface area contributed by atoms with Crippen molar-refractivity contribution in [1.82, 2.24) is 4.98 Å². The highest BCUT2D eigenvalue weighted by molar-refractivity contribution is 7.17. The minimum absolute atomic E-state index is 0.196. The molecule has 0 aliphatic rings. The van der Waals surface area contributed by atoms with Crippen LogP contribution in [0.1, 0.15) is 9.67 Å². The Labute approximate surface area is 88.8 Å². The summed E-state index contributed by atoms with van der Waals surface area (Å²) in [5.41, 5.74) is 0.377. The lowest BCUT2D eigenvalue weighted by Crippen LogP contribution is -1.89. The average Bonchev–Trinajstić information content (AvgIpc) is 2.67. The van der Waals surface area contributed by atoms with Gasteiger partial charge in [0.15, 0.2) is 0 Å². The maximum Gasteiger partial charge on any atom is 0.345 e. The Morgan fingerprint density at radius 1 is 1.40 bits per heavy atom. The summed E-state index contributed by atoms with van der Waals surface area (Å²) < 4.78 is 13.3. The quantitative estimate of drug-likeness (QED) is 0.851. The van der Waals surface area contributed by atoms with E-state index in [1.54, 1.807) is 6.07 Å². The van der Waals surface area contributed by atoms with E-state index in [9.17, 15) is 9.18 Å². The number of carboxylic acid groups (broad SMARTS) is 1. The maximum absolute atomic E-state index is 13.3. The lowest BCUT2D eigenvalue weighted by atomic mass is 10.2. The van der Waals surface area contributed by atoms with E-state index in [1.165, 1.54) is 18.3 Å². The zero-order valence-corrected chi connectivity index (χ0v) is 8.29. The van der Waals surface area contributed by atoms with Gasteiger partial charge in [-0.2, -0.15) is 0 Å². The summed E-state index contributed by atoms with van der Waals surface area (Å²) in [6.45, 7) is 0. The second kappa shape index (κ2) is 3.78. The number of nitrogens with zero attached hydrogens (tertiary/aromatic N) is 1. The number of thiophene rings is 1. The van der Waals surface area contributed by atoms with Crippen molar-refractivity contribution < 1.29 is 14.3 Å². The van der Waals surface area contributed by atoms with Crippen LogP contribution in [-0.4, -0.2) is 16.1 Å². The number of aromatic nitrogens is 1. The van der Waals surface area contributed by atoms with Crippen molar-refractivity contribution in [2.45, 2.75) is 0 Å². The molecule has 0 saturated heterocycles. The van der Waals surface area contributed by atoms with Crippen molar-refractivity contribution in [2.24, 2.45) is 0 Å². The molecule has 2 rings (SSSR count). The summed E-state index contributed by atoms with van der Waals surface area (Å²) in [5.74, 6) is -1.45. The molecule has 5 heteroatoms. The van der Waals surface area contributed by atoms with E-state index in [4.69, 9.17) is 5.11 Å². The van der Waals surface area contributed by atoms with Gasteiger partial charge in [0.2, 0.25) is 0 Å². The normalized spacial score (nSPS) is 10.2. The van der Waals surface area contributed by atoms with Gasteiger partial charge >= 0.3 is 5.97 Å². The monoisotopic (exact) mass is 223 g/mol. The average molecular weight is 223 g/mol. The van der Waals surface area contributed by atoms with E-state index in [2.05, 4.69) is 4.98 Å². The fourth-order valence-corrected chi connectivity index (χ4v) is 2.04. The molecule has 2 aromatic rings. The van der Waals surface area contributed by atoms with Gasteiger partial charge in [0, 0.05) is 16.6 Å². The molecule has 15 heavy (non-hydrogen) atoms. The van der Waals surface area contributed by atoms with Gasteiger partial charge in [-0.3, -0.25) is 4.98 Å². The van der Waals surface area contributed by atoms with Crippen molar-refractivity contribution in [3.8, 4) is 10.4 Å². The molecule has 0 radical (unpaired) electrons. The molecule has 0 atom stereocenters. The molecule has 0 aliphatic heterocycles. The van der Waals surface area contributed by atoms with E-state index < -0.39 is 11.8 Å². The SMILES string of the molecule is O=C(O)c1ccc(-c2ccncc2F)s1. The molecule has 76 valence electrons. The van der Waals surface area contributed by atoms with Gasteiger partial charge in [-0.15, -0.1) is 11.3 Å². The first-order chi connectivity index (χ1) is 7.18. The Kier molecular flexibility index (Phi) is 2.47. The van der Waals surface area contributed by atoms with Crippen LogP contribution in [0.15, 0.2) is 30.6 Å². The molecule has 0 unspecified atom stereocenters. The Bertz CT molecular complexity index is 510. The largest absolute Gasteiger partial charge is 0.477 e. The molecule has 0 saturated carbocycles. The van der Waals surface area contributed by atoms with Crippen molar-refractivity contribution in [1.29, 1.82) is 0 Å². The Morgan fingerprint density at radius 2 is 2.20 bits per heavy atom. The van der Waals surface area contributed by atoms with Crippen LogP contribution in [0.25, 0.3) is 10.4 Å². The highest BCUT2D eigenvalue weighted by Gasteiger charge is 2.10. The number of hydrogen-bond donors (Lipinski definition) is 1. The number of rotatable bonds is 2. The first-order valence-electron chi connectivity index (χ1n) is 4.11. The molecule has 0 fully saturated rings. The summed E-state index contributed by atoms with van der Waals surface area (Å²) in [6.07, 6.45) is 2.58. The third kappa shape index (κ3) is 1.87. The first kappa shape index (κ1) is 9.79. The van der Waals surface area contributed by atoms with E-state index >= 15 is 0 Å². The molecule has 0 aromatic carbocycles. The Balaban J connectivity index is 2.46. The lowest BCUT2D eigenvalue weighted by Gasteiger charge is -1.97. The number of halogens is 1. The molecule has 3 nitrogen and oxygen atoms in total. The second-order valence-electron chi connectivity index (χ2n) is 2.82. The van der Waals surface area contributed by atoms with Crippen molar-refractivity contribution >= 4 is 17.3 Å². The zero-order chi connectivity index (χ0) is 10.8. The maximum atomic E-state index is 13.3. The molecule has 0 spiro atoms. The van der Waals surface area contributed by atoms with Gasteiger partial charge in [-0.1, -0.05) is 0 Å². The number of carbonyl (C=O) groups is 1. The van der Waals surface area contributed by atoms with Crippen LogP contribution in [0.3, 0.4) is 0 Å². The van der Waals surface area contributed by atoms with Crippen LogP contribution in [0, 0.1) is 5.82 Å². The number of aromatic carboxylic acids is 1. The third-order valence-corrected chi connectivity index (χ3v) is 2.96. The third-order valence-electron chi connectivity index (χ3n) is 1.85. The highest BCUT2D eigenvalue weighted by atomic mass is 32.1. The van der Waals surface area contributed by atoms with E-state index in [-0.39, 0.29) is 4.88 Å². The Morgan fingerprint density at radius 3 is 2.80 bits per heavy atom. The minimum atomic E-state index is -0.999. The lowest BCUT2D eigenvalue weighted by molar-refractivity contribution is 0.0702. The minimum Gasteiger partial charge on any atom is -0.477 e. The van der Waals surface area contributed by atoms with Gasteiger partial charge in [-0.05, 0) is 18.2 Å². The summed E-state index contributed by atoms with van der Waals surface area (Å²) >= 11 is 1.04. The zero-order valence-electron chi connectivity index (χ0n) is 7.48.